The molecule has 0 aromatic carbocycles. The zero-order chi connectivity index (χ0) is 13.2. The average molecular weight is 269 g/mol. The van der Waals surface area contributed by atoms with E-state index in [-0.39, 0.29) is 5.97 Å². The molecule has 1 saturated heterocycles. The zero-order valence-electron chi connectivity index (χ0n) is 11.1. The zero-order valence-corrected chi connectivity index (χ0v) is 11.9. The fraction of sp³-hybridized carbons (Fsp3) is 0.692. The van der Waals surface area contributed by atoms with Crippen LogP contribution >= 0.6 is 11.3 Å². The van der Waals surface area contributed by atoms with Crippen LogP contribution in [-0.2, 0) is 19.7 Å². The number of carbonyl (C=O) groups is 1. The van der Waals surface area contributed by atoms with Gasteiger partial charge in [-0.15, -0.1) is 11.3 Å². The number of hydrogen-bond donors (Lipinski definition) is 0. The topological polar surface area (TPSA) is 48.4 Å². The Morgan fingerprint density at radius 1 is 1.50 bits per heavy atom. The Balaban J connectivity index is 2.16. The van der Waals surface area contributed by atoms with Crippen molar-refractivity contribution in [3.05, 3.63) is 16.1 Å². The molecule has 0 saturated carbocycles. The van der Waals surface area contributed by atoms with E-state index in [4.69, 9.17) is 9.47 Å². The molecule has 0 amide bonds. The quantitative estimate of drug-likeness (QED) is 0.791. The summed E-state index contributed by atoms with van der Waals surface area (Å²) in [6, 6.07) is 0. The van der Waals surface area contributed by atoms with Crippen molar-refractivity contribution in [3.63, 3.8) is 0 Å². The van der Waals surface area contributed by atoms with Crippen LogP contribution in [0.3, 0.4) is 0 Å². The molecule has 100 valence electrons. The van der Waals surface area contributed by atoms with Crippen LogP contribution in [0.4, 0.5) is 0 Å². The third kappa shape index (κ3) is 2.57. The highest BCUT2D eigenvalue weighted by Crippen LogP contribution is 2.33. The van der Waals surface area contributed by atoms with Crippen LogP contribution in [0, 0.1) is 0 Å². The molecular formula is C13H19NO3S. The van der Waals surface area contributed by atoms with Gasteiger partial charge in [-0.1, -0.05) is 0 Å². The Morgan fingerprint density at radius 2 is 2.17 bits per heavy atom. The van der Waals surface area contributed by atoms with Crippen LogP contribution in [0.2, 0.25) is 0 Å². The van der Waals surface area contributed by atoms with E-state index in [9.17, 15) is 4.79 Å². The minimum absolute atomic E-state index is 0.240. The molecule has 0 bridgehead atoms. The Hall–Kier alpha value is -0.940. The molecule has 1 aromatic heterocycles. The number of rotatable bonds is 3. The smallest absolute Gasteiger partial charge is 0.318 e. The number of hydrogen-bond acceptors (Lipinski definition) is 5. The van der Waals surface area contributed by atoms with Crippen LogP contribution in [0.15, 0.2) is 5.38 Å². The fourth-order valence-electron chi connectivity index (χ4n) is 2.10. The molecule has 0 atom stereocenters. The predicted molar refractivity (Wildman–Crippen MR) is 70.0 cm³/mol. The van der Waals surface area contributed by atoms with Crippen molar-refractivity contribution in [2.75, 3.05) is 20.3 Å². The highest BCUT2D eigenvalue weighted by atomic mass is 32.1. The van der Waals surface area contributed by atoms with Crippen LogP contribution in [-0.4, -0.2) is 31.3 Å². The SMILES string of the molecule is COC(=O)C(C)(C)c1nc(C2CCOCC2)cs1. The van der Waals surface area contributed by atoms with E-state index in [1.54, 1.807) is 11.3 Å². The van der Waals surface area contributed by atoms with E-state index in [0.717, 1.165) is 36.8 Å². The van der Waals surface area contributed by atoms with Gasteiger partial charge >= 0.3 is 5.97 Å². The molecule has 2 rings (SSSR count). The molecule has 2 heterocycles. The first kappa shape index (κ1) is 13.5. The van der Waals surface area contributed by atoms with Gasteiger partial charge in [0.2, 0.25) is 0 Å². The highest BCUT2D eigenvalue weighted by molar-refractivity contribution is 7.10. The lowest BCUT2D eigenvalue weighted by atomic mass is 9.94. The van der Waals surface area contributed by atoms with E-state index in [0.29, 0.717) is 5.92 Å². The van der Waals surface area contributed by atoms with Gasteiger partial charge in [0.25, 0.3) is 0 Å². The van der Waals surface area contributed by atoms with E-state index < -0.39 is 5.41 Å². The molecule has 0 N–H and O–H groups in total. The first-order valence-corrected chi connectivity index (χ1v) is 7.05. The largest absolute Gasteiger partial charge is 0.468 e. The van der Waals surface area contributed by atoms with Gasteiger partial charge in [0.05, 0.1) is 12.8 Å². The number of nitrogens with zero attached hydrogens (tertiary/aromatic N) is 1. The third-order valence-electron chi connectivity index (χ3n) is 3.39. The Morgan fingerprint density at radius 3 is 2.78 bits per heavy atom. The summed E-state index contributed by atoms with van der Waals surface area (Å²) in [6.07, 6.45) is 2.03. The average Bonchev–Trinajstić information content (AvgIpc) is 2.89. The monoisotopic (exact) mass is 269 g/mol. The van der Waals surface area contributed by atoms with Crippen molar-refractivity contribution in [1.82, 2.24) is 4.98 Å². The molecule has 5 heteroatoms. The van der Waals surface area contributed by atoms with Crippen molar-refractivity contribution in [2.24, 2.45) is 0 Å². The molecule has 18 heavy (non-hydrogen) atoms. The maximum Gasteiger partial charge on any atom is 0.318 e. The van der Waals surface area contributed by atoms with E-state index in [1.807, 2.05) is 13.8 Å². The van der Waals surface area contributed by atoms with Gasteiger partial charge in [-0.25, -0.2) is 4.98 Å². The van der Waals surface area contributed by atoms with Crippen molar-refractivity contribution < 1.29 is 14.3 Å². The molecule has 0 spiro atoms. The van der Waals surface area contributed by atoms with E-state index >= 15 is 0 Å². The predicted octanol–water partition coefficient (Wildman–Crippen LogP) is 2.49. The number of aromatic nitrogens is 1. The summed E-state index contributed by atoms with van der Waals surface area (Å²) in [5, 5.41) is 2.89. The standard InChI is InChI=1S/C13H19NO3S/c1-13(2,12(15)16-3)11-14-10(8-18-11)9-4-6-17-7-5-9/h8-9H,4-7H2,1-3H3. The Labute approximate surface area is 111 Å². The first-order valence-electron chi connectivity index (χ1n) is 6.17. The van der Waals surface area contributed by atoms with Crippen molar-refractivity contribution in [3.8, 4) is 0 Å². The maximum absolute atomic E-state index is 11.7. The first-order chi connectivity index (χ1) is 8.55. The lowest BCUT2D eigenvalue weighted by Crippen LogP contribution is -2.30. The maximum atomic E-state index is 11.7. The second kappa shape index (κ2) is 5.36. The summed E-state index contributed by atoms with van der Waals surface area (Å²) in [7, 11) is 1.41. The van der Waals surface area contributed by atoms with Gasteiger partial charge < -0.3 is 9.47 Å². The molecule has 1 fully saturated rings. The summed E-state index contributed by atoms with van der Waals surface area (Å²) < 4.78 is 10.2. The van der Waals surface area contributed by atoms with Gasteiger partial charge in [-0.2, -0.15) is 0 Å². The lowest BCUT2D eigenvalue weighted by molar-refractivity contribution is -0.146. The fourth-order valence-corrected chi connectivity index (χ4v) is 3.11. The van der Waals surface area contributed by atoms with Gasteiger partial charge in [0.15, 0.2) is 0 Å². The van der Waals surface area contributed by atoms with Crippen LogP contribution in [0.1, 0.15) is 43.3 Å². The van der Waals surface area contributed by atoms with Crippen molar-refractivity contribution in [2.45, 2.75) is 38.0 Å². The van der Waals surface area contributed by atoms with Gasteiger partial charge in [-0.3, -0.25) is 4.79 Å². The van der Waals surface area contributed by atoms with Crippen LogP contribution in [0.5, 0.6) is 0 Å². The molecule has 0 aliphatic carbocycles. The second-order valence-corrected chi connectivity index (χ2v) is 5.94. The number of esters is 1. The molecule has 1 aromatic rings. The number of carbonyl (C=O) groups excluding carboxylic acids is 1. The minimum atomic E-state index is -0.664. The van der Waals surface area contributed by atoms with E-state index in [1.165, 1.54) is 7.11 Å². The lowest BCUT2D eigenvalue weighted by Gasteiger charge is -2.21. The van der Waals surface area contributed by atoms with Gasteiger partial charge in [0.1, 0.15) is 10.4 Å². The Kier molecular flexibility index (Phi) is 4.02. The summed E-state index contributed by atoms with van der Waals surface area (Å²) in [4.78, 5) is 16.4. The summed E-state index contributed by atoms with van der Waals surface area (Å²) in [5.41, 5.74) is 0.429. The molecule has 1 aliphatic heterocycles. The van der Waals surface area contributed by atoms with Crippen LogP contribution in [0.25, 0.3) is 0 Å². The molecule has 1 aliphatic rings. The molecule has 0 radical (unpaired) electrons. The number of ether oxygens (including phenoxy) is 2. The summed E-state index contributed by atoms with van der Waals surface area (Å²) in [5.74, 6) is 0.229. The molecule has 0 unspecified atom stereocenters. The third-order valence-corrected chi connectivity index (χ3v) is 4.58. The second-order valence-electron chi connectivity index (χ2n) is 5.08. The van der Waals surface area contributed by atoms with Gasteiger partial charge in [0, 0.05) is 24.5 Å². The minimum Gasteiger partial charge on any atom is -0.468 e. The molecule has 4 nitrogen and oxygen atoms in total. The highest BCUT2D eigenvalue weighted by Gasteiger charge is 2.34. The summed E-state index contributed by atoms with van der Waals surface area (Å²) >= 11 is 1.54. The van der Waals surface area contributed by atoms with Crippen molar-refractivity contribution in [1.29, 1.82) is 0 Å². The molecular weight excluding hydrogens is 250 g/mol. The van der Waals surface area contributed by atoms with Crippen molar-refractivity contribution >= 4 is 17.3 Å². The van der Waals surface area contributed by atoms with E-state index in [2.05, 4.69) is 10.4 Å². The van der Waals surface area contributed by atoms with Crippen LogP contribution < -0.4 is 0 Å². The normalized spacial score (nSPS) is 17.7. The number of methoxy groups -OCH3 is 1. The Bertz CT molecular complexity index is 422. The number of thiazole rings is 1. The van der Waals surface area contributed by atoms with Gasteiger partial charge in [-0.05, 0) is 26.7 Å². The summed E-state index contributed by atoms with van der Waals surface area (Å²) in [6.45, 7) is 5.31.